The minimum absolute atomic E-state index is 0.138. The lowest BCUT2D eigenvalue weighted by Gasteiger charge is -2.02. The number of ether oxygens (including phenoxy) is 1. The molecule has 1 aromatic heterocycles. The quantitative estimate of drug-likeness (QED) is 0.505. The van der Waals surface area contributed by atoms with E-state index >= 15 is 0 Å². The van der Waals surface area contributed by atoms with E-state index in [1.807, 2.05) is 19.1 Å². The number of aromatic hydroxyl groups is 1. The fraction of sp³-hybridized carbons (Fsp3) is 0.118. The second kappa shape index (κ2) is 7.37. The normalized spacial score (nSPS) is 11.3. The summed E-state index contributed by atoms with van der Waals surface area (Å²) >= 11 is 6.73. The number of nitrogens with zero attached hydrogens (tertiary/aromatic N) is 2. The molecule has 0 bridgehead atoms. The van der Waals surface area contributed by atoms with Gasteiger partial charge < -0.3 is 14.8 Å². The summed E-state index contributed by atoms with van der Waals surface area (Å²) in [7, 11) is 0. The topological polar surface area (TPSA) is 87.0 Å². The highest BCUT2D eigenvalue weighted by Gasteiger charge is 2.13. The van der Waals surface area contributed by atoms with Crippen LogP contribution in [-0.4, -0.2) is 22.6 Å². The van der Waals surface area contributed by atoms with E-state index in [0.29, 0.717) is 11.1 Å². The summed E-state index contributed by atoms with van der Waals surface area (Å²) in [5.74, 6) is -0.145. The van der Waals surface area contributed by atoms with Crippen LogP contribution in [0.15, 0.2) is 55.6 Å². The SMILES string of the molecule is Cc1cc(Br)cc2c(N=NC(=O)COc3cccc(Br)c3)c(O)[nH]c12. The average Bonchev–Trinajstić information content (AvgIpc) is 2.87. The Morgan fingerprint density at radius 3 is 2.80 bits per heavy atom. The Kier molecular flexibility index (Phi) is 5.19. The van der Waals surface area contributed by atoms with Crippen molar-refractivity contribution in [2.75, 3.05) is 6.61 Å². The molecule has 0 unspecified atom stereocenters. The number of hydrogen-bond donors (Lipinski definition) is 2. The van der Waals surface area contributed by atoms with E-state index in [1.165, 1.54) is 0 Å². The van der Waals surface area contributed by atoms with E-state index in [0.717, 1.165) is 20.0 Å². The fourth-order valence-corrected chi connectivity index (χ4v) is 3.29. The van der Waals surface area contributed by atoms with E-state index in [2.05, 4.69) is 47.1 Å². The fourth-order valence-electron chi connectivity index (χ4n) is 2.34. The largest absolute Gasteiger partial charge is 0.493 e. The summed E-state index contributed by atoms with van der Waals surface area (Å²) < 4.78 is 7.06. The highest BCUT2D eigenvalue weighted by molar-refractivity contribution is 9.10. The standard InChI is InChI=1S/C17H13Br2N3O3/c1-9-5-11(19)7-13-15(9)20-17(24)16(13)22-21-14(23)8-25-12-4-2-3-10(18)6-12/h2-7,20,24H,8H2,1H3. The smallest absolute Gasteiger partial charge is 0.302 e. The Bertz CT molecular complexity index is 983. The summed E-state index contributed by atoms with van der Waals surface area (Å²) in [4.78, 5) is 14.7. The zero-order chi connectivity index (χ0) is 18.0. The van der Waals surface area contributed by atoms with Crippen LogP contribution in [0.25, 0.3) is 10.9 Å². The Morgan fingerprint density at radius 1 is 1.24 bits per heavy atom. The summed E-state index contributed by atoms with van der Waals surface area (Å²) in [5, 5.41) is 18.2. The third-order valence-electron chi connectivity index (χ3n) is 3.44. The van der Waals surface area contributed by atoms with Crippen molar-refractivity contribution in [1.82, 2.24) is 4.98 Å². The number of aryl methyl sites for hydroxylation is 1. The number of benzene rings is 2. The third-order valence-corrected chi connectivity index (χ3v) is 4.39. The Hall–Kier alpha value is -2.19. The molecule has 1 heterocycles. The van der Waals surface area contributed by atoms with Crippen LogP contribution in [0, 0.1) is 6.92 Å². The molecular weight excluding hydrogens is 454 g/mol. The number of carbonyl (C=O) groups excluding carboxylic acids is 1. The van der Waals surface area contributed by atoms with Crippen molar-refractivity contribution in [1.29, 1.82) is 0 Å². The molecule has 0 fully saturated rings. The molecule has 1 amide bonds. The number of aromatic nitrogens is 1. The first-order valence-electron chi connectivity index (χ1n) is 7.28. The maximum atomic E-state index is 11.9. The van der Waals surface area contributed by atoms with Crippen molar-refractivity contribution < 1.29 is 14.6 Å². The minimum Gasteiger partial charge on any atom is -0.493 e. The summed E-state index contributed by atoms with van der Waals surface area (Å²) in [6.07, 6.45) is 0. The maximum Gasteiger partial charge on any atom is 0.302 e. The number of azo groups is 1. The highest BCUT2D eigenvalue weighted by atomic mass is 79.9. The van der Waals surface area contributed by atoms with Crippen LogP contribution in [0.3, 0.4) is 0 Å². The monoisotopic (exact) mass is 465 g/mol. The van der Waals surface area contributed by atoms with Crippen LogP contribution < -0.4 is 4.74 Å². The summed E-state index contributed by atoms with van der Waals surface area (Å²) in [6, 6.07) is 10.9. The van der Waals surface area contributed by atoms with Crippen molar-refractivity contribution in [3.63, 3.8) is 0 Å². The molecule has 2 N–H and O–H groups in total. The molecule has 3 aromatic rings. The number of H-pyrrole nitrogens is 1. The van der Waals surface area contributed by atoms with Gasteiger partial charge in [0.25, 0.3) is 0 Å². The Labute approximate surface area is 160 Å². The van der Waals surface area contributed by atoms with E-state index in [4.69, 9.17) is 4.74 Å². The van der Waals surface area contributed by atoms with Gasteiger partial charge in [-0.25, -0.2) is 0 Å². The molecule has 0 aliphatic carbocycles. The van der Waals surface area contributed by atoms with E-state index in [9.17, 15) is 9.90 Å². The number of nitrogens with one attached hydrogen (secondary N) is 1. The first-order valence-corrected chi connectivity index (χ1v) is 8.86. The van der Waals surface area contributed by atoms with Crippen molar-refractivity contribution in [2.45, 2.75) is 6.92 Å². The van der Waals surface area contributed by atoms with E-state index < -0.39 is 5.91 Å². The maximum absolute atomic E-state index is 11.9. The molecule has 0 saturated carbocycles. The van der Waals surface area contributed by atoms with Crippen LogP contribution in [0.2, 0.25) is 0 Å². The molecule has 0 aliphatic heterocycles. The molecule has 25 heavy (non-hydrogen) atoms. The summed E-state index contributed by atoms with van der Waals surface area (Å²) in [6.45, 7) is 1.66. The lowest BCUT2D eigenvalue weighted by molar-refractivity contribution is -0.120. The molecule has 0 spiro atoms. The van der Waals surface area contributed by atoms with Gasteiger partial charge in [-0.15, -0.1) is 10.2 Å². The number of fused-ring (bicyclic) bond motifs is 1. The molecular formula is C17H13Br2N3O3. The van der Waals surface area contributed by atoms with Crippen molar-refractivity contribution in [3.8, 4) is 11.6 Å². The van der Waals surface area contributed by atoms with Gasteiger partial charge in [-0.1, -0.05) is 37.9 Å². The molecule has 0 saturated heterocycles. The van der Waals surface area contributed by atoms with Crippen LogP contribution in [0.1, 0.15) is 5.56 Å². The van der Waals surface area contributed by atoms with E-state index in [-0.39, 0.29) is 18.2 Å². The molecule has 2 aromatic carbocycles. The number of halogens is 2. The van der Waals surface area contributed by atoms with Crippen LogP contribution in [0.5, 0.6) is 11.6 Å². The van der Waals surface area contributed by atoms with Crippen molar-refractivity contribution in [3.05, 3.63) is 50.9 Å². The van der Waals surface area contributed by atoms with Gasteiger partial charge in [0.05, 0.1) is 5.52 Å². The first-order chi connectivity index (χ1) is 11.9. The van der Waals surface area contributed by atoms with Gasteiger partial charge in [-0.05, 0) is 42.8 Å². The number of hydrogen-bond acceptors (Lipinski definition) is 4. The average molecular weight is 467 g/mol. The molecule has 0 radical (unpaired) electrons. The molecule has 0 aliphatic rings. The van der Waals surface area contributed by atoms with Crippen LogP contribution >= 0.6 is 31.9 Å². The molecule has 8 heteroatoms. The van der Waals surface area contributed by atoms with Crippen LogP contribution in [-0.2, 0) is 4.79 Å². The zero-order valence-corrected chi connectivity index (χ0v) is 16.3. The highest BCUT2D eigenvalue weighted by Crippen LogP contribution is 2.38. The Balaban J connectivity index is 1.76. The number of carbonyl (C=O) groups is 1. The lowest BCUT2D eigenvalue weighted by atomic mass is 10.1. The second-order valence-corrected chi connectivity index (χ2v) is 7.14. The number of amides is 1. The third kappa shape index (κ3) is 4.08. The number of aromatic amines is 1. The van der Waals surface area contributed by atoms with Gasteiger partial charge in [0.15, 0.2) is 12.3 Å². The minimum atomic E-state index is -0.555. The lowest BCUT2D eigenvalue weighted by Crippen LogP contribution is -2.07. The van der Waals surface area contributed by atoms with Crippen molar-refractivity contribution in [2.24, 2.45) is 10.2 Å². The van der Waals surface area contributed by atoms with Gasteiger partial charge in [-0.3, -0.25) is 4.79 Å². The van der Waals surface area contributed by atoms with Gasteiger partial charge in [-0.2, -0.15) is 0 Å². The zero-order valence-electron chi connectivity index (χ0n) is 13.1. The molecule has 6 nitrogen and oxygen atoms in total. The molecule has 3 rings (SSSR count). The summed E-state index contributed by atoms with van der Waals surface area (Å²) in [5.41, 5.74) is 1.90. The van der Waals surface area contributed by atoms with Crippen LogP contribution in [0.4, 0.5) is 5.69 Å². The predicted octanol–water partition coefficient (Wildman–Crippen LogP) is 5.40. The predicted molar refractivity (Wildman–Crippen MR) is 102 cm³/mol. The number of rotatable bonds is 4. The van der Waals surface area contributed by atoms with Crippen molar-refractivity contribution >= 4 is 54.4 Å². The van der Waals surface area contributed by atoms with Gasteiger partial charge >= 0.3 is 5.91 Å². The van der Waals surface area contributed by atoms with Gasteiger partial charge in [0, 0.05) is 14.3 Å². The van der Waals surface area contributed by atoms with E-state index in [1.54, 1.807) is 24.3 Å². The second-order valence-electron chi connectivity index (χ2n) is 5.31. The van der Waals surface area contributed by atoms with Gasteiger partial charge in [0.1, 0.15) is 5.75 Å². The van der Waals surface area contributed by atoms with Gasteiger partial charge in [0.2, 0.25) is 5.88 Å². The molecule has 128 valence electrons. The molecule has 0 atom stereocenters. The Morgan fingerprint density at radius 2 is 2.04 bits per heavy atom. The first kappa shape index (κ1) is 17.6.